The Labute approximate surface area is 212 Å². The molecule has 4 saturated carbocycles. The molecule has 8 heteroatoms. The second kappa shape index (κ2) is 8.65. The number of ether oxygens (including phenoxy) is 1. The number of alkyl halides is 2. The van der Waals surface area contributed by atoms with E-state index in [1.807, 2.05) is 0 Å². The molecule has 0 saturated heterocycles. The minimum atomic E-state index is -4.02. The predicted molar refractivity (Wildman–Crippen MR) is 131 cm³/mol. The second-order valence-corrected chi connectivity index (χ2v) is 12.0. The Hall–Kier alpha value is -2.26. The average Bonchev–Trinajstić information content (AvgIpc) is 2.85. The van der Waals surface area contributed by atoms with Gasteiger partial charge in [0.1, 0.15) is 12.0 Å². The Morgan fingerprint density at radius 1 is 1.00 bits per heavy atom. The maximum Gasteiger partial charge on any atom is 0.415 e. The van der Waals surface area contributed by atoms with Gasteiger partial charge in [-0.2, -0.15) is 13.1 Å². The lowest BCUT2D eigenvalue weighted by Gasteiger charge is -2.62. The van der Waals surface area contributed by atoms with E-state index in [-0.39, 0.29) is 17.4 Å². The molecule has 2 unspecified atom stereocenters. The Kier molecular flexibility index (Phi) is 5.79. The number of hydrogen-bond donors (Lipinski definition) is 0. The monoisotopic (exact) mass is 513 g/mol. The van der Waals surface area contributed by atoms with Gasteiger partial charge in [-0.3, -0.25) is 5.04 Å². The first-order chi connectivity index (χ1) is 17.3. The van der Waals surface area contributed by atoms with Crippen LogP contribution in [-0.4, -0.2) is 17.8 Å². The molecule has 4 aliphatic rings. The normalized spacial score (nSPS) is 29.2. The molecule has 5 nitrogen and oxygen atoms in total. The highest BCUT2D eigenvalue weighted by molar-refractivity contribution is 7.96. The third-order valence-electron chi connectivity index (χ3n) is 8.83. The number of rotatable bonds is 7. The summed E-state index contributed by atoms with van der Waals surface area (Å²) < 4.78 is 37.0. The fourth-order valence-corrected chi connectivity index (χ4v) is 8.46. The molecule has 7 rings (SSSR count). The fraction of sp³-hybridized carbons (Fsp3) is 0.464. The van der Waals surface area contributed by atoms with Gasteiger partial charge in [-0.25, -0.2) is 4.79 Å². The van der Waals surface area contributed by atoms with E-state index in [9.17, 15) is 18.8 Å². The largest absolute Gasteiger partial charge is 0.691 e. The van der Waals surface area contributed by atoms with Crippen molar-refractivity contribution in [3.05, 3.63) is 59.7 Å². The molecule has 0 radical (unpaired) electrons. The van der Waals surface area contributed by atoms with Crippen LogP contribution in [0.5, 0.6) is 0 Å². The quantitative estimate of drug-likeness (QED) is 0.124. The topological polar surface area (TPSA) is 67.8 Å². The van der Waals surface area contributed by atoms with Gasteiger partial charge < -0.3 is 9.99 Å². The summed E-state index contributed by atoms with van der Waals surface area (Å²) in [5.41, 5.74) is 2.19. The van der Waals surface area contributed by atoms with Gasteiger partial charge in [0.25, 0.3) is 0 Å². The van der Waals surface area contributed by atoms with Crippen LogP contribution in [0.4, 0.5) is 8.78 Å². The average molecular weight is 514 g/mol. The summed E-state index contributed by atoms with van der Waals surface area (Å²) in [5.74, 6) is -0.771. The minimum absolute atomic E-state index is 0.0588. The van der Waals surface area contributed by atoms with Crippen molar-refractivity contribution in [3.63, 3.8) is 0 Å². The Balaban J connectivity index is 1.40. The highest BCUT2D eigenvalue weighted by Crippen LogP contribution is 2.67. The van der Waals surface area contributed by atoms with Gasteiger partial charge >= 0.3 is 11.2 Å². The molecule has 0 aliphatic heterocycles. The lowest BCUT2D eigenvalue weighted by atomic mass is 9.42. The third kappa shape index (κ3) is 3.81. The smallest absolute Gasteiger partial charge is 0.415 e. The summed E-state index contributed by atoms with van der Waals surface area (Å²) in [6.07, 6.45) is 5.82. The van der Waals surface area contributed by atoms with E-state index in [2.05, 4.69) is 64.8 Å². The van der Waals surface area contributed by atoms with Crippen LogP contribution in [-0.2, 0) is 24.3 Å². The molecule has 0 heterocycles. The summed E-state index contributed by atoms with van der Waals surface area (Å²) >= 11 is -0.639. The zero-order valence-electron chi connectivity index (χ0n) is 19.9. The zero-order chi connectivity index (χ0) is 25.1. The molecular formula is C28H27F2O5S-. The van der Waals surface area contributed by atoms with Gasteiger partial charge in [0, 0.05) is 5.41 Å². The summed E-state index contributed by atoms with van der Waals surface area (Å²) in [4.78, 5) is 12.2. The van der Waals surface area contributed by atoms with Crippen LogP contribution in [0.3, 0.4) is 0 Å². The van der Waals surface area contributed by atoms with E-state index in [1.165, 1.54) is 32.7 Å². The van der Waals surface area contributed by atoms with Crippen molar-refractivity contribution in [2.45, 2.75) is 56.1 Å². The number of hydrogen-bond acceptors (Lipinski definition) is 6. The highest BCUT2D eigenvalue weighted by Gasteiger charge is 2.59. The van der Waals surface area contributed by atoms with Crippen LogP contribution in [0.25, 0.3) is 21.5 Å². The van der Waals surface area contributed by atoms with Crippen LogP contribution < -0.4 is 5.26 Å². The number of fused-ring (bicyclic) bond motifs is 2. The van der Waals surface area contributed by atoms with Gasteiger partial charge in [0.05, 0.1) is 6.61 Å². The van der Waals surface area contributed by atoms with E-state index in [0.717, 1.165) is 38.5 Å². The van der Waals surface area contributed by atoms with Gasteiger partial charge in [0.15, 0.2) is 0 Å². The van der Waals surface area contributed by atoms with Crippen molar-refractivity contribution in [1.29, 1.82) is 0 Å². The molecule has 36 heavy (non-hydrogen) atoms. The maximum atomic E-state index is 14.0. The van der Waals surface area contributed by atoms with E-state index < -0.39 is 23.3 Å². The number of carbonyl (C=O) groups is 1. The second-order valence-electron chi connectivity index (χ2n) is 11.1. The first-order valence-corrected chi connectivity index (χ1v) is 13.1. The van der Waals surface area contributed by atoms with Crippen LogP contribution in [0, 0.1) is 24.2 Å². The molecule has 0 spiro atoms. The summed E-state index contributed by atoms with van der Waals surface area (Å²) in [6, 6.07) is 17.1. The lowest BCUT2D eigenvalue weighted by Crippen LogP contribution is -2.56. The van der Waals surface area contributed by atoms with Gasteiger partial charge in [-0.1, -0.05) is 48.5 Å². The van der Waals surface area contributed by atoms with Gasteiger partial charge in [-0.15, -0.1) is 0 Å². The van der Waals surface area contributed by atoms with Gasteiger partial charge in [-0.05, 0) is 95.4 Å². The maximum absolute atomic E-state index is 14.0. The third-order valence-corrected chi connectivity index (χ3v) is 9.33. The molecular weight excluding hydrogens is 486 g/mol. The van der Waals surface area contributed by atoms with Crippen LogP contribution >= 0.6 is 12.0 Å². The van der Waals surface area contributed by atoms with Crippen molar-refractivity contribution in [3.8, 4) is 0 Å². The summed E-state index contributed by atoms with van der Waals surface area (Å²) in [6.45, 7) is 2.12. The molecule has 190 valence electrons. The number of carbonyl (C=O) groups excluding carboxylic acids is 1. The van der Waals surface area contributed by atoms with Crippen molar-refractivity contribution in [1.82, 2.24) is 0 Å². The number of esters is 1. The molecule has 0 aromatic heterocycles. The van der Waals surface area contributed by atoms with Crippen molar-refractivity contribution in [2.24, 2.45) is 17.3 Å². The molecule has 0 N–H and O–H groups in total. The number of benzene rings is 3. The number of halogens is 2. The molecule has 2 atom stereocenters. The summed E-state index contributed by atoms with van der Waals surface area (Å²) in [5, 5.41) is 13.9. The highest BCUT2D eigenvalue weighted by atomic mass is 32.2. The van der Waals surface area contributed by atoms with Crippen molar-refractivity contribution >= 4 is 39.6 Å². The van der Waals surface area contributed by atoms with E-state index in [4.69, 9.17) is 4.74 Å². The zero-order valence-corrected chi connectivity index (χ0v) is 20.7. The Morgan fingerprint density at radius 2 is 1.56 bits per heavy atom. The lowest BCUT2D eigenvalue weighted by molar-refractivity contribution is -0.777. The SMILES string of the molecule is Cc1c2ccccc2c(C23CC4CC(CC(COC(=O)C(F)(F)SOO[O-])(C4)C2)C3)c2ccccc12. The van der Waals surface area contributed by atoms with E-state index >= 15 is 0 Å². The molecule has 4 fully saturated rings. The molecule has 4 aliphatic carbocycles. The van der Waals surface area contributed by atoms with E-state index in [0.29, 0.717) is 11.8 Å². The first kappa shape index (κ1) is 24.1. The van der Waals surface area contributed by atoms with Crippen LogP contribution in [0.1, 0.15) is 49.7 Å². The standard InChI is InChI=1S/C28H28F2O5S/c1-17-20-6-2-4-8-22(20)24(23-9-5-3-7-21(17)23)27-13-18-10-19(14-27)12-26(11-18,15-27)16-33-25(31)28(29,30)36-35-34-32/h2-9,18-19,32H,10-16H2,1H3/p-1. The van der Waals surface area contributed by atoms with Gasteiger partial charge in [0.2, 0.25) is 0 Å². The van der Waals surface area contributed by atoms with E-state index in [1.54, 1.807) is 0 Å². The molecule has 3 aromatic rings. The molecule has 3 aromatic carbocycles. The Bertz CT molecular complexity index is 1270. The van der Waals surface area contributed by atoms with Crippen molar-refractivity contribution in [2.75, 3.05) is 6.61 Å². The van der Waals surface area contributed by atoms with Crippen molar-refractivity contribution < 1.29 is 32.9 Å². The predicted octanol–water partition coefficient (Wildman–Crippen LogP) is 6.15. The first-order valence-electron chi connectivity index (χ1n) is 12.4. The number of aryl methyl sites for hydroxylation is 1. The minimum Gasteiger partial charge on any atom is -0.691 e. The fourth-order valence-electron chi connectivity index (χ4n) is 8.22. The molecule has 0 amide bonds. The molecule has 4 bridgehead atoms. The van der Waals surface area contributed by atoms with Crippen LogP contribution in [0.15, 0.2) is 48.5 Å². The Morgan fingerprint density at radius 3 is 2.11 bits per heavy atom. The summed E-state index contributed by atoms with van der Waals surface area (Å²) in [7, 11) is 0. The van der Waals surface area contributed by atoms with Crippen LogP contribution in [0.2, 0.25) is 0 Å².